The molecular weight excluding hydrogens is 232 g/mol. The van der Waals surface area contributed by atoms with Gasteiger partial charge < -0.3 is 10.6 Å². The van der Waals surface area contributed by atoms with Gasteiger partial charge in [-0.25, -0.2) is 4.98 Å². The molecule has 1 atom stereocenters. The van der Waals surface area contributed by atoms with Crippen molar-refractivity contribution >= 4 is 33.3 Å². The quantitative estimate of drug-likeness (QED) is 0.843. The standard InChI is InChI=1S/C12H16N4S/c1-8-4-2-3-6-16(8)10-9-5-7-17-11(9)15-12(13)14-10/h5,7-8H,2-4,6H2,1H3,(H2,13,14,15). The number of aromatic nitrogens is 2. The van der Waals surface area contributed by atoms with E-state index in [1.807, 2.05) is 0 Å². The van der Waals surface area contributed by atoms with Crippen molar-refractivity contribution in [2.45, 2.75) is 32.2 Å². The molecule has 17 heavy (non-hydrogen) atoms. The van der Waals surface area contributed by atoms with Crippen LogP contribution in [0.4, 0.5) is 11.8 Å². The molecule has 1 saturated heterocycles. The van der Waals surface area contributed by atoms with Gasteiger partial charge in [0.1, 0.15) is 10.6 Å². The molecule has 0 aromatic carbocycles. The normalized spacial score (nSPS) is 21.0. The maximum Gasteiger partial charge on any atom is 0.223 e. The van der Waals surface area contributed by atoms with Crippen molar-refractivity contribution in [3.05, 3.63) is 11.4 Å². The highest BCUT2D eigenvalue weighted by molar-refractivity contribution is 7.16. The van der Waals surface area contributed by atoms with Crippen molar-refractivity contribution in [3.63, 3.8) is 0 Å². The molecule has 90 valence electrons. The predicted molar refractivity (Wildman–Crippen MR) is 72.5 cm³/mol. The summed E-state index contributed by atoms with van der Waals surface area (Å²) in [6, 6.07) is 2.64. The van der Waals surface area contributed by atoms with Crippen LogP contribution in [0.5, 0.6) is 0 Å². The van der Waals surface area contributed by atoms with Gasteiger partial charge in [0.2, 0.25) is 5.95 Å². The van der Waals surface area contributed by atoms with Crippen LogP contribution in [-0.2, 0) is 0 Å². The van der Waals surface area contributed by atoms with Crippen LogP contribution in [0.2, 0.25) is 0 Å². The molecule has 0 amide bonds. The smallest absolute Gasteiger partial charge is 0.223 e. The summed E-state index contributed by atoms with van der Waals surface area (Å²) >= 11 is 1.62. The number of hydrogen-bond donors (Lipinski definition) is 1. The van der Waals surface area contributed by atoms with E-state index < -0.39 is 0 Å². The Morgan fingerprint density at radius 1 is 1.41 bits per heavy atom. The van der Waals surface area contributed by atoms with Crippen molar-refractivity contribution in [1.29, 1.82) is 0 Å². The van der Waals surface area contributed by atoms with Crippen LogP contribution < -0.4 is 10.6 Å². The highest BCUT2D eigenvalue weighted by atomic mass is 32.1. The average molecular weight is 248 g/mol. The molecule has 2 aromatic heterocycles. The van der Waals surface area contributed by atoms with Crippen LogP contribution in [0, 0.1) is 0 Å². The SMILES string of the molecule is CC1CCCCN1c1nc(N)nc2sccc12. The minimum absolute atomic E-state index is 0.382. The molecule has 0 saturated carbocycles. The van der Waals surface area contributed by atoms with Crippen molar-refractivity contribution < 1.29 is 0 Å². The number of thiophene rings is 1. The second-order valence-corrected chi connectivity index (χ2v) is 5.48. The fourth-order valence-electron chi connectivity index (χ4n) is 2.49. The Morgan fingerprint density at radius 2 is 2.29 bits per heavy atom. The van der Waals surface area contributed by atoms with E-state index >= 15 is 0 Å². The van der Waals surface area contributed by atoms with Gasteiger partial charge >= 0.3 is 0 Å². The highest BCUT2D eigenvalue weighted by Crippen LogP contribution is 2.32. The molecule has 4 nitrogen and oxygen atoms in total. The summed E-state index contributed by atoms with van der Waals surface area (Å²) in [4.78, 5) is 12.1. The van der Waals surface area contributed by atoms with Gasteiger partial charge in [0.15, 0.2) is 0 Å². The number of nitrogens with zero attached hydrogens (tertiary/aromatic N) is 3. The van der Waals surface area contributed by atoms with E-state index in [1.165, 1.54) is 19.3 Å². The van der Waals surface area contributed by atoms with E-state index in [4.69, 9.17) is 5.73 Å². The summed E-state index contributed by atoms with van der Waals surface area (Å²) in [6.07, 6.45) is 3.78. The minimum atomic E-state index is 0.382. The Bertz CT molecular complexity index is 536. The summed E-state index contributed by atoms with van der Waals surface area (Å²) in [5, 5.41) is 3.19. The van der Waals surface area contributed by atoms with Gasteiger partial charge in [-0.05, 0) is 37.6 Å². The van der Waals surface area contributed by atoms with Crippen LogP contribution in [0.3, 0.4) is 0 Å². The maximum absolute atomic E-state index is 5.79. The lowest BCUT2D eigenvalue weighted by Crippen LogP contribution is -2.38. The lowest BCUT2D eigenvalue weighted by molar-refractivity contribution is 0.482. The van der Waals surface area contributed by atoms with E-state index in [2.05, 4.69) is 33.2 Å². The van der Waals surface area contributed by atoms with E-state index in [0.29, 0.717) is 12.0 Å². The van der Waals surface area contributed by atoms with Crippen LogP contribution in [0.25, 0.3) is 10.2 Å². The van der Waals surface area contributed by atoms with Gasteiger partial charge in [-0.2, -0.15) is 4.98 Å². The third kappa shape index (κ3) is 1.84. The second-order valence-electron chi connectivity index (χ2n) is 4.58. The lowest BCUT2D eigenvalue weighted by Gasteiger charge is -2.34. The molecule has 0 bridgehead atoms. The summed E-state index contributed by atoms with van der Waals surface area (Å²) in [6.45, 7) is 3.33. The fourth-order valence-corrected chi connectivity index (χ4v) is 3.25. The molecule has 1 aliphatic rings. The first-order chi connectivity index (χ1) is 8.25. The zero-order valence-corrected chi connectivity index (χ0v) is 10.7. The van der Waals surface area contributed by atoms with Crippen molar-refractivity contribution in [2.24, 2.45) is 0 Å². The molecular formula is C12H16N4S. The average Bonchev–Trinajstić information content (AvgIpc) is 2.76. The summed E-state index contributed by atoms with van der Waals surface area (Å²) in [5.74, 6) is 1.40. The third-order valence-corrected chi connectivity index (χ3v) is 4.20. The zero-order chi connectivity index (χ0) is 11.8. The molecule has 1 fully saturated rings. The first-order valence-corrected chi connectivity index (χ1v) is 6.91. The Labute approximate surface area is 104 Å². The van der Waals surface area contributed by atoms with Crippen molar-refractivity contribution in [3.8, 4) is 0 Å². The summed E-state index contributed by atoms with van der Waals surface area (Å²) < 4.78 is 0. The maximum atomic E-state index is 5.79. The van der Waals surface area contributed by atoms with Gasteiger partial charge in [-0.3, -0.25) is 0 Å². The number of anilines is 2. The zero-order valence-electron chi connectivity index (χ0n) is 9.89. The first kappa shape index (κ1) is 10.8. The predicted octanol–water partition coefficient (Wildman–Crippen LogP) is 2.65. The van der Waals surface area contributed by atoms with Crippen LogP contribution in [-0.4, -0.2) is 22.6 Å². The molecule has 0 radical (unpaired) electrons. The molecule has 2 N–H and O–H groups in total. The Hall–Kier alpha value is -1.36. The Balaban J connectivity index is 2.11. The Kier molecular flexibility index (Phi) is 2.63. The molecule has 0 spiro atoms. The number of piperidine rings is 1. The van der Waals surface area contributed by atoms with Gasteiger partial charge in [0, 0.05) is 12.6 Å². The molecule has 3 rings (SSSR count). The summed E-state index contributed by atoms with van der Waals surface area (Å²) in [7, 11) is 0. The highest BCUT2D eigenvalue weighted by Gasteiger charge is 2.22. The van der Waals surface area contributed by atoms with Crippen LogP contribution >= 0.6 is 11.3 Å². The monoisotopic (exact) mass is 248 g/mol. The van der Waals surface area contributed by atoms with E-state index in [-0.39, 0.29) is 0 Å². The van der Waals surface area contributed by atoms with Gasteiger partial charge in [-0.15, -0.1) is 11.3 Å². The van der Waals surface area contributed by atoms with Crippen molar-refractivity contribution in [2.75, 3.05) is 17.2 Å². The number of hydrogen-bond acceptors (Lipinski definition) is 5. The molecule has 2 aromatic rings. The molecule has 1 unspecified atom stereocenters. The largest absolute Gasteiger partial charge is 0.368 e. The van der Waals surface area contributed by atoms with Gasteiger partial charge in [0.25, 0.3) is 0 Å². The van der Waals surface area contributed by atoms with Crippen molar-refractivity contribution in [1.82, 2.24) is 9.97 Å². The van der Waals surface area contributed by atoms with Gasteiger partial charge in [0.05, 0.1) is 5.39 Å². The van der Waals surface area contributed by atoms with Gasteiger partial charge in [-0.1, -0.05) is 0 Å². The molecule has 1 aliphatic heterocycles. The van der Waals surface area contributed by atoms with Crippen LogP contribution in [0.1, 0.15) is 26.2 Å². The lowest BCUT2D eigenvalue weighted by atomic mass is 10.0. The first-order valence-electron chi connectivity index (χ1n) is 6.03. The van der Waals surface area contributed by atoms with E-state index in [1.54, 1.807) is 11.3 Å². The minimum Gasteiger partial charge on any atom is -0.368 e. The molecule has 3 heterocycles. The second kappa shape index (κ2) is 4.14. The fraction of sp³-hybridized carbons (Fsp3) is 0.500. The number of nitrogens with two attached hydrogens (primary N) is 1. The Morgan fingerprint density at radius 3 is 3.12 bits per heavy atom. The third-order valence-electron chi connectivity index (χ3n) is 3.40. The number of nitrogen functional groups attached to an aromatic ring is 1. The van der Waals surface area contributed by atoms with E-state index in [9.17, 15) is 0 Å². The molecule has 0 aliphatic carbocycles. The van der Waals surface area contributed by atoms with Crippen LogP contribution in [0.15, 0.2) is 11.4 Å². The number of rotatable bonds is 1. The topological polar surface area (TPSA) is 55.0 Å². The molecule has 5 heteroatoms. The van der Waals surface area contributed by atoms with E-state index in [0.717, 1.165) is 22.6 Å². The summed E-state index contributed by atoms with van der Waals surface area (Å²) in [5.41, 5.74) is 5.79. The number of fused-ring (bicyclic) bond motifs is 1.